The molecule has 2 heteroatoms. The molecule has 2 rings (SSSR count). The molecule has 1 aliphatic carbocycles. The predicted molar refractivity (Wildman–Crippen MR) is 37.8 cm³/mol. The molecule has 0 amide bonds. The zero-order chi connectivity index (χ0) is 6.97. The van der Waals surface area contributed by atoms with Crippen LogP contribution in [0.4, 0.5) is 0 Å². The van der Waals surface area contributed by atoms with E-state index in [0.29, 0.717) is 5.92 Å². The van der Waals surface area contributed by atoms with Crippen molar-refractivity contribution in [2.24, 2.45) is 5.92 Å². The molecule has 1 aromatic heterocycles. The highest BCUT2D eigenvalue weighted by atomic mass is 16.2. The van der Waals surface area contributed by atoms with Crippen LogP contribution in [0, 0.1) is 5.92 Å². The van der Waals surface area contributed by atoms with E-state index in [1.165, 1.54) is 0 Å². The number of hydrogen-bond donors (Lipinski definition) is 0. The molecular weight excluding hydrogens is 126 g/mol. The number of carbonyl (C=O) groups is 1. The van der Waals surface area contributed by atoms with Gasteiger partial charge in [0.05, 0.1) is 0 Å². The van der Waals surface area contributed by atoms with Crippen molar-refractivity contribution in [3.05, 3.63) is 24.5 Å². The first kappa shape index (κ1) is 5.71. The van der Waals surface area contributed by atoms with Gasteiger partial charge in [-0.05, 0) is 25.0 Å². The van der Waals surface area contributed by atoms with Gasteiger partial charge >= 0.3 is 0 Å². The van der Waals surface area contributed by atoms with E-state index in [1.807, 2.05) is 12.1 Å². The molecule has 2 nitrogen and oxygen atoms in total. The summed E-state index contributed by atoms with van der Waals surface area (Å²) in [4.78, 5) is 11.2. The Balaban J connectivity index is 2.19. The lowest BCUT2D eigenvalue weighted by molar-refractivity contribution is 0.0886. The van der Waals surface area contributed by atoms with Gasteiger partial charge in [-0.2, -0.15) is 0 Å². The van der Waals surface area contributed by atoms with Crippen LogP contribution < -0.4 is 0 Å². The number of rotatable bonds is 1. The Morgan fingerprint density at radius 3 is 2.40 bits per heavy atom. The Kier molecular flexibility index (Phi) is 1.13. The maximum absolute atomic E-state index is 11.2. The molecule has 1 saturated carbocycles. The van der Waals surface area contributed by atoms with E-state index in [4.69, 9.17) is 0 Å². The third-order valence-electron chi connectivity index (χ3n) is 1.79. The summed E-state index contributed by atoms with van der Waals surface area (Å²) in [5.74, 6) is 0.581. The molecule has 0 aliphatic heterocycles. The summed E-state index contributed by atoms with van der Waals surface area (Å²) in [5, 5.41) is 0. The Morgan fingerprint density at radius 2 is 1.90 bits per heavy atom. The van der Waals surface area contributed by atoms with Crippen LogP contribution in [0.5, 0.6) is 0 Å². The fraction of sp³-hybridized carbons (Fsp3) is 0.375. The third-order valence-corrected chi connectivity index (χ3v) is 1.79. The zero-order valence-electron chi connectivity index (χ0n) is 5.66. The monoisotopic (exact) mass is 135 g/mol. The molecule has 0 spiro atoms. The Morgan fingerprint density at radius 1 is 1.30 bits per heavy atom. The molecule has 1 aliphatic rings. The molecule has 1 fully saturated rings. The van der Waals surface area contributed by atoms with Gasteiger partial charge in [0, 0.05) is 18.3 Å². The lowest BCUT2D eigenvalue weighted by Crippen LogP contribution is -2.09. The van der Waals surface area contributed by atoms with Crippen molar-refractivity contribution in [3.8, 4) is 0 Å². The molecule has 1 aromatic rings. The van der Waals surface area contributed by atoms with Gasteiger partial charge in [0.25, 0.3) is 0 Å². The van der Waals surface area contributed by atoms with Crippen molar-refractivity contribution in [2.75, 3.05) is 0 Å². The average molecular weight is 135 g/mol. The summed E-state index contributed by atoms with van der Waals surface area (Å²) in [5.41, 5.74) is 0. The van der Waals surface area contributed by atoms with E-state index in [9.17, 15) is 4.79 Å². The minimum Gasteiger partial charge on any atom is -0.294 e. The lowest BCUT2D eigenvalue weighted by atomic mass is 10.4. The summed E-state index contributed by atoms with van der Waals surface area (Å²) < 4.78 is 1.66. The highest BCUT2D eigenvalue weighted by molar-refractivity contribution is 5.83. The van der Waals surface area contributed by atoms with Crippen LogP contribution in [0.3, 0.4) is 0 Å². The van der Waals surface area contributed by atoms with Gasteiger partial charge in [-0.3, -0.25) is 9.36 Å². The van der Waals surface area contributed by atoms with Crippen molar-refractivity contribution in [1.82, 2.24) is 4.57 Å². The zero-order valence-corrected chi connectivity index (χ0v) is 5.66. The van der Waals surface area contributed by atoms with Crippen molar-refractivity contribution in [1.29, 1.82) is 0 Å². The van der Waals surface area contributed by atoms with Gasteiger partial charge < -0.3 is 0 Å². The van der Waals surface area contributed by atoms with E-state index in [-0.39, 0.29) is 5.91 Å². The molecule has 0 atom stereocenters. The first-order valence-electron chi connectivity index (χ1n) is 3.55. The van der Waals surface area contributed by atoms with Gasteiger partial charge in [0.2, 0.25) is 5.91 Å². The third kappa shape index (κ3) is 0.856. The number of hydrogen-bond acceptors (Lipinski definition) is 1. The van der Waals surface area contributed by atoms with E-state index in [1.54, 1.807) is 17.0 Å². The van der Waals surface area contributed by atoms with E-state index >= 15 is 0 Å². The molecule has 1 heterocycles. The topological polar surface area (TPSA) is 22.0 Å². The van der Waals surface area contributed by atoms with Crippen LogP contribution in [-0.2, 0) is 0 Å². The largest absolute Gasteiger partial charge is 0.294 e. The van der Waals surface area contributed by atoms with Gasteiger partial charge in [0.15, 0.2) is 0 Å². The van der Waals surface area contributed by atoms with Crippen molar-refractivity contribution >= 4 is 5.91 Å². The molecular formula is C8H9NO. The average Bonchev–Trinajstić information content (AvgIpc) is 2.65. The molecule has 52 valence electrons. The fourth-order valence-corrected chi connectivity index (χ4v) is 1.02. The lowest BCUT2D eigenvalue weighted by Gasteiger charge is -1.95. The summed E-state index contributed by atoms with van der Waals surface area (Å²) in [6.07, 6.45) is 5.77. The van der Waals surface area contributed by atoms with Crippen molar-refractivity contribution in [2.45, 2.75) is 12.8 Å². The minimum atomic E-state index is 0.255. The minimum absolute atomic E-state index is 0.255. The second kappa shape index (κ2) is 1.97. The summed E-state index contributed by atoms with van der Waals surface area (Å²) in [7, 11) is 0. The highest BCUT2D eigenvalue weighted by Crippen LogP contribution is 2.30. The van der Waals surface area contributed by atoms with Crippen molar-refractivity contribution in [3.63, 3.8) is 0 Å². The molecule has 0 saturated heterocycles. The molecule has 0 bridgehead atoms. The molecule has 10 heavy (non-hydrogen) atoms. The van der Waals surface area contributed by atoms with E-state index < -0.39 is 0 Å². The molecule has 0 aromatic carbocycles. The van der Waals surface area contributed by atoms with Gasteiger partial charge in [-0.25, -0.2) is 0 Å². The van der Waals surface area contributed by atoms with Crippen LogP contribution in [-0.4, -0.2) is 10.5 Å². The number of carbonyl (C=O) groups excluding carboxylic acids is 1. The number of aromatic nitrogens is 1. The van der Waals surface area contributed by atoms with Crippen LogP contribution in [0.25, 0.3) is 0 Å². The summed E-state index contributed by atoms with van der Waals surface area (Å²) in [6, 6.07) is 3.75. The van der Waals surface area contributed by atoms with E-state index in [0.717, 1.165) is 12.8 Å². The first-order valence-corrected chi connectivity index (χ1v) is 3.55. The van der Waals surface area contributed by atoms with Crippen molar-refractivity contribution < 1.29 is 4.79 Å². The number of nitrogens with zero attached hydrogens (tertiary/aromatic N) is 1. The second-order valence-electron chi connectivity index (χ2n) is 2.70. The van der Waals surface area contributed by atoms with Crippen LogP contribution in [0.15, 0.2) is 24.5 Å². The fourth-order valence-electron chi connectivity index (χ4n) is 1.02. The summed E-state index contributed by atoms with van der Waals surface area (Å²) >= 11 is 0. The quantitative estimate of drug-likeness (QED) is 0.572. The molecule has 0 radical (unpaired) electrons. The predicted octanol–water partition coefficient (Wildman–Crippen LogP) is 1.54. The maximum Gasteiger partial charge on any atom is 0.233 e. The first-order chi connectivity index (χ1) is 4.88. The van der Waals surface area contributed by atoms with Crippen LogP contribution in [0.1, 0.15) is 17.6 Å². The van der Waals surface area contributed by atoms with Gasteiger partial charge in [-0.1, -0.05) is 0 Å². The smallest absolute Gasteiger partial charge is 0.233 e. The normalized spacial score (nSPS) is 17.2. The SMILES string of the molecule is O=C(C1CC1)n1cccc1. The van der Waals surface area contributed by atoms with Gasteiger partial charge in [-0.15, -0.1) is 0 Å². The van der Waals surface area contributed by atoms with Crippen LogP contribution in [0.2, 0.25) is 0 Å². The van der Waals surface area contributed by atoms with Crippen LogP contribution >= 0.6 is 0 Å². The Labute approximate surface area is 59.5 Å². The summed E-state index contributed by atoms with van der Waals surface area (Å²) in [6.45, 7) is 0. The highest BCUT2D eigenvalue weighted by Gasteiger charge is 2.30. The maximum atomic E-state index is 11.2. The standard InChI is InChI=1S/C8H9NO/c10-8(7-3-4-7)9-5-1-2-6-9/h1-2,5-7H,3-4H2. The molecule has 0 N–H and O–H groups in total. The van der Waals surface area contributed by atoms with E-state index in [2.05, 4.69) is 0 Å². The molecule has 0 unspecified atom stereocenters. The second-order valence-corrected chi connectivity index (χ2v) is 2.70. The Hall–Kier alpha value is -1.05. The van der Waals surface area contributed by atoms with Gasteiger partial charge in [0.1, 0.15) is 0 Å². The Bertz CT molecular complexity index is 234.